The summed E-state index contributed by atoms with van der Waals surface area (Å²) in [6.07, 6.45) is -2.12. The van der Waals surface area contributed by atoms with E-state index < -0.39 is 69.3 Å². The lowest BCUT2D eigenvalue weighted by Crippen LogP contribution is -2.56. The number of benzene rings is 1. The Bertz CT molecular complexity index is 1140. The minimum atomic E-state index is -1.96. The zero-order chi connectivity index (χ0) is 28.1. The first-order valence-electron chi connectivity index (χ1n) is 12.9. The molecule has 6 atom stereocenters. The second kappa shape index (κ2) is 7.94. The van der Waals surface area contributed by atoms with Crippen LogP contribution in [0.2, 0.25) is 0 Å². The minimum absolute atomic E-state index is 0.0676. The Kier molecular flexibility index (Phi) is 5.63. The fourth-order valence-corrected chi connectivity index (χ4v) is 6.02. The van der Waals surface area contributed by atoms with E-state index in [1.165, 1.54) is 0 Å². The van der Waals surface area contributed by atoms with Gasteiger partial charge in [-0.2, -0.15) is 0 Å². The second-order valence-corrected chi connectivity index (χ2v) is 11.6. The fraction of sp³-hybridized carbons (Fsp3) is 0.643. The summed E-state index contributed by atoms with van der Waals surface area (Å²) in [5.41, 5.74) is -5.11. The molecule has 10 nitrogen and oxygen atoms in total. The first-order chi connectivity index (χ1) is 17.6. The molecule has 0 aliphatic carbocycles. The zero-order valence-electron chi connectivity index (χ0n) is 23.0. The lowest BCUT2D eigenvalue weighted by molar-refractivity contribution is -0.204. The smallest absolute Gasteiger partial charge is 0.349 e. The standard InChI is InChI=1S/C28H34O10/c1-9-33-21(31)27-17(35-25(7,37-27)23(3,4)19(27)29)15-11-13-16(14-12-15)18-28(22(32)34-10-2)20(30)24(5,6)26(8,36-18)38-28/h11-14,17-18H,9-10H2,1-8H3/t17-,18-,25+,26+,27+,28+/m1/s1. The van der Waals surface area contributed by atoms with E-state index in [1.807, 2.05) is 0 Å². The molecule has 1 aromatic rings. The van der Waals surface area contributed by atoms with Crippen LogP contribution in [0.15, 0.2) is 24.3 Å². The molecular weight excluding hydrogens is 496 g/mol. The molecule has 4 heterocycles. The largest absolute Gasteiger partial charge is 0.463 e. The van der Waals surface area contributed by atoms with Gasteiger partial charge in [0.05, 0.1) is 24.0 Å². The number of ketones is 2. The van der Waals surface area contributed by atoms with Crippen molar-refractivity contribution in [1.82, 2.24) is 0 Å². The molecule has 4 aliphatic rings. The normalized spacial score (nSPS) is 40.0. The van der Waals surface area contributed by atoms with Crippen molar-refractivity contribution in [3.63, 3.8) is 0 Å². The lowest BCUT2D eigenvalue weighted by Gasteiger charge is -2.39. The zero-order valence-corrected chi connectivity index (χ0v) is 23.0. The monoisotopic (exact) mass is 530 g/mol. The van der Waals surface area contributed by atoms with Crippen molar-refractivity contribution < 1.29 is 47.6 Å². The van der Waals surface area contributed by atoms with Crippen LogP contribution < -0.4 is 0 Å². The van der Waals surface area contributed by atoms with Gasteiger partial charge in [-0.1, -0.05) is 24.3 Å². The van der Waals surface area contributed by atoms with Crippen LogP contribution in [0.25, 0.3) is 0 Å². The van der Waals surface area contributed by atoms with Crippen molar-refractivity contribution in [2.75, 3.05) is 13.2 Å². The van der Waals surface area contributed by atoms with Gasteiger partial charge < -0.3 is 28.4 Å². The molecule has 4 fully saturated rings. The molecular formula is C28H34O10. The third-order valence-electron chi connectivity index (χ3n) is 8.92. The Morgan fingerprint density at radius 1 is 0.684 bits per heavy atom. The predicted octanol–water partition coefficient (Wildman–Crippen LogP) is 3.12. The van der Waals surface area contributed by atoms with Crippen LogP contribution in [-0.2, 0) is 47.6 Å². The molecule has 4 bridgehead atoms. The molecule has 0 unspecified atom stereocenters. The van der Waals surface area contributed by atoms with Gasteiger partial charge in [0.2, 0.25) is 0 Å². The van der Waals surface area contributed by atoms with E-state index in [4.69, 9.17) is 28.4 Å². The first kappa shape index (κ1) is 26.9. The highest BCUT2D eigenvalue weighted by Gasteiger charge is 2.80. The summed E-state index contributed by atoms with van der Waals surface area (Å²) in [6, 6.07) is 6.61. The lowest BCUT2D eigenvalue weighted by atomic mass is 9.71. The molecule has 0 spiro atoms. The molecule has 206 valence electrons. The number of carbonyl (C=O) groups excluding carboxylic acids is 4. The van der Waals surface area contributed by atoms with Crippen LogP contribution in [0.4, 0.5) is 0 Å². The van der Waals surface area contributed by atoms with Crippen LogP contribution in [0.5, 0.6) is 0 Å². The third kappa shape index (κ3) is 2.92. The maximum Gasteiger partial charge on any atom is 0.349 e. The fourth-order valence-electron chi connectivity index (χ4n) is 6.02. The summed E-state index contributed by atoms with van der Waals surface area (Å²) >= 11 is 0. The summed E-state index contributed by atoms with van der Waals surface area (Å²) in [5, 5.41) is 0. The Labute approximate surface area is 221 Å². The van der Waals surface area contributed by atoms with Crippen molar-refractivity contribution >= 4 is 23.5 Å². The topological polar surface area (TPSA) is 124 Å². The highest BCUT2D eigenvalue weighted by Crippen LogP contribution is 2.63. The average Bonchev–Trinajstić information content (AvgIpc) is 3.47. The quantitative estimate of drug-likeness (QED) is 0.400. The molecule has 38 heavy (non-hydrogen) atoms. The van der Waals surface area contributed by atoms with Crippen LogP contribution in [0, 0.1) is 10.8 Å². The number of fused-ring (bicyclic) bond motifs is 4. The molecule has 0 saturated carbocycles. The SMILES string of the molecule is CCOC(=O)[C@]12O[C@](C)(O[C@@H]1c1ccc([C@H]3O[C@@]4(C)O[C@]3(C(=O)OCC)C(=O)C4(C)C)cc1)C(C)(C)C2=O. The molecule has 0 aromatic heterocycles. The molecule has 0 amide bonds. The summed E-state index contributed by atoms with van der Waals surface area (Å²) in [6.45, 7) is 13.4. The molecule has 10 heteroatoms. The number of ether oxygens (including phenoxy) is 6. The van der Waals surface area contributed by atoms with Gasteiger partial charge in [0.15, 0.2) is 23.1 Å². The van der Waals surface area contributed by atoms with E-state index in [9.17, 15) is 19.2 Å². The summed E-state index contributed by atoms with van der Waals surface area (Å²) in [4.78, 5) is 53.4. The van der Waals surface area contributed by atoms with Crippen molar-refractivity contribution in [2.24, 2.45) is 10.8 Å². The van der Waals surface area contributed by atoms with E-state index >= 15 is 0 Å². The van der Waals surface area contributed by atoms with Crippen LogP contribution in [0.1, 0.15) is 78.7 Å². The third-order valence-corrected chi connectivity index (χ3v) is 8.92. The molecule has 0 radical (unpaired) electrons. The van der Waals surface area contributed by atoms with Crippen LogP contribution in [-0.4, -0.2) is 59.5 Å². The number of esters is 2. The Hall–Kier alpha value is -2.66. The molecule has 0 N–H and O–H groups in total. The van der Waals surface area contributed by atoms with Crippen molar-refractivity contribution in [3.8, 4) is 0 Å². The summed E-state index contributed by atoms with van der Waals surface area (Å²) < 4.78 is 35.1. The van der Waals surface area contributed by atoms with Crippen LogP contribution in [0.3, 0.4) is 0 Å². The van der Waals surface area contributed by atoms with E-state index in [2.05, 4.69) is 0 Å². The van der Waals surface area contributed by atoms with Gasteiger partial charge in [-0.15, -0.1) is 0 Å². The van der Waals surface area contributed by atoms with E-state index in [1.54, 1.807) is 79.7 Å². The maximum atomic E-state index is 13.6. The molecule has 4 saturated heterocycles. The predicted molar refractivity (Wildman–Crippen MR) is 129 cm³/mol. The van der Waals surface area contributed by atoms with E-state index in [0.29, 0.717) is 11.1 Å². The Balaban J connectivity index is 1.53. The maximum absolute atomic E-state index is 13.6. The van der Waals surface area contributed by atoms with Gasteiger partial charge >= 0.3 is 11.9 Å². The number of hydrogen-bond acceptors (Lipinski definition) is 10. The van der Waals surface area contributed by atoms with Crippen molar-refractivity contribution in [2.45, 2.75) is 90.4 Å². The highest BCUT2D eigenvalue weighted by atomic mass is 16.8. The number of rotatable bonds is 6. The summed E-state index contributed by atoms with van der Waals surface area (Å²) in [7, 11) is 0. The van der Waals surface area contributed by atoms with Crippen molar-refractivity contribution in [1.29, 1.82) is 0 Å². The van der Waals surface area contributed by atoms with E-state index in [-0.39, 0.29) is 13.2 Å². The number of carbonyl (C=O) groups is 4. The second-order valence-electron chi connectivity index (χ2n) is 11.6. The summed E-state index contributed by atoms with van der Waals surface area (Å²) in [5.74, 6) is -5.14. The Morgan fingerprint density at radius 3 is 1.26 bits per heavy atom. The van der Waals surface area contributed by atoms with Gasteiger partial charge in [0, 0.05) is 0 Å². The number of Topliss-reactive ketones (excluding diaryl/α,β-unsaturated/α-hetero) is 2. The Morgan fingerprint density at radius 2 is 1.00 bits per heavy atom. The average molecular weight is 531 g/mol. The number of hydrogen-bond donors (Lipinski definition) is 0. The molecule has 5 rings (SSSR count). The molecule has 1 aromatic carbocycles. The molecule has 4 aliphatic heterocycles. The van der Waals surface area contributed by atoms with Gasteiger partial charge in [0.25, 0.3) is 11.2 Å². The first-order valence-corrected chi connectivity index (χ1v) is 12.9. The van der Waals surface area contributed by atoms with Crippen molar-refractivity contribution in [3.05, 3.63) is 35.4 Å². The van der Waals surface area contributed by atoms with Gasteiger partial charge in [-0.3, -0.25) is 9.59 Å². The highest BCUT2D eigenvalue weighted by molar-refractivity contribution is 6.14. The minimum Gasteiger partial charge on any atom is -0.463 e. The van der Waals surface area contributed by atoms with Gasteiger partial charge in [-0.05, 0) is 66.5 Å². The van der Waals surface area contributed by atoms with Gasteiger partial charge in [-0.25, -0.2) is 9.59 Å². The van der Waals surface area contributed by atoms with E-state index in [0.717, 1.165) is 0 Å². The van der Waals surface area contributed by atoms with Gasteiger partial charge in [0.1, 0.15) is 12.2 Å². The van der Waals surface area contributed by atoms with Crippen LogP contribution >= 0.6 is 0 Å².